The first kappa shape index (κ1) is 19.7. The molecule has 3 amide bonds. The van der Waals surface area contributed by atoms with Crippen molar-refractivity contribution < 1.29 is 24.6 Å². The molecule has 2 atom stereocenters. The Labute approximate surface area is 152 Å². The van der Waals surface area contributed by atoms with Crippen LogP contribution in [-0.4, -0.2) is 76.1 Å². The number of aliphatic hydroxyl groups is 1. The number of nitrogens with zero attached hydrogens (tertiary/aromatic N) is 2. The van der Waals surface area contributed by atoms with E-state index in [1.807, 2.05) is 13.8 Å². The van der Waals surface area contributed by atoms with E-state index in [0.717, 1.165) is 0 Å². The molecule has 8 heteroatoms. The molecule has 0 radical (unpaired) electrons. The fraction of sp³-hybridized carbons (Fsp3) is 0.500. The molecular formula is C18H25N3O5. The van der Waals surface area contributed by atoms with Gasteiger partial charge >= 0.3 is 0 Å². The summed E-state index contributed by atoms with van der Waals surface area (Å²) in [5.41, 5.74) is 0.356. The summed E-state index contributed by atoms with van der Waals surface area (Å²) in [4.78, 5) is 40.3. The highest BCUT2D eigenvalue weighted by Crippen LogP contribution is 2.23. The predicted molar refractivity (Wildman–Crippen MR) is 94.5 cm³/mol. The number of benzene rings is 1. The number of aromatic hydroxyl groups is 1. The van der Waals surface area contributed by atoms with Gasteiger partial charge in [0.2, 0.25) is 11.8 Å². The zero-order chi connectivity index (χ0) is 19.3. The van der Waals surface area contributed by atoms with Crippen molar-refractivity contribution in [2.24, 2.45) is 0 Å². The first-order chi connectivity index (χ1) is 12.4. The van der Waals surface area contributed by atoms with Crippen LogP contribution in [0.25, 0.3) is 0 Å². The number of rotatable bonds is 6. The van der Waals surface area contributed by atoms with Crippen LogP contribution in [0.1, 0.15) is 30.6 Å². The Morgan fingerprint density at radius 2 is 1.81 bits per heavy atom. The fourth-order valence-corrected chi connectivity index (χ4v) is 3.19. The van der Waals surface area contributed by atoms with Crippen LogP contribution in [0, 0.1) is 0 Å². The number of phenolic OH excluding ortho intramolecular Hbond substituents is 1. The smallest absolute Gasteiger partial charge is 0.254 e. The second kappa shape index (κ2) is 8.66. The number of aliphatic hydroxyl groups excluding tert-OH is 1. The molecule has 2 rings (SSSR count). The Morgan fingerprint density at radius 1 is 1.19 bits per heavy atom. The second-order valence-electron chi connectivity index (χ2n) is 6.19. The molecular weight excluding hydrogens is 338 g/mol. The molecule has 1 aromatic carbocycles. The molecule has 0 spiro atoms. The quantitative estimate of drug-likeness (QED) is 0.657. The molecule has 8 nitrogen and oxygen atoms in total. The van der Waals surface area contributed by atoms with Crippen LogP contribution < -0.4 is 5.32 Å². The molecule has 0 aromatic heterocycles. The molecule has 0 saturated carbocycles. The van der Waals surface area contributed by atoms with E-state index in [-0.39, 0.29) is 24.1 Å². The largest absolute Gasteiger partial charge is 0.508 e. The molecule has 0 aliphatic carbocycles. The normalized spacial score (nSPS) is 19.3. The van der Waals surface area contributed by atoms with Gasteiger partial charge in [0, 0.05) is 31.2 Å². The van der Waals surface area contributed by atoms with E-state index in [1.54, 1.807) is 4.90 Å². The average Bonchev–Trinajstić information content (AvgIpc) is 3.06. The number of phenols is 1. The number of likely N-dealkylation sites (tertiary alicyclic amines) is 1. The molecule has 0 unspecified atom stereocenters. The third kappa shape index (κ3) is 4.32. The summed E-state index contributed by atoms with van der Waals surface area (Å²) in [6, 6.07) is 4.73. The minimum atomic E-state index is -0.680. The lowest BCUT2D eigenvalue weighted by atomic mass is 10.1. The summed E-state index contributed by atoms with van der Waals surface area (Å²) in [5, 5.41) is 21.0. The summed E-state index contributed by atoms with van der Waals surface area (Å²) < 4.78 is 0. The Morgan fingerprint density at radius 3 is 2.35 bits per heavy atom. The van der Waals surface area contributed by atoms with E-state index in [9.17, 15) is 19.5 Å². The highest BCUT2D eigenvalue weighted by Gasteiger charge is 2.41. The van der Waals surface area contributed by atoms with E-state index in [1.165, 1.54) is 29.2 Å². The van der Waals surface area contributed by atoms with E-state index < -0.39 is 24.6 Å². The van der Waals surface area contributed by atoms with Crippen LogP contribution in [-0.2, 0) is 9.59 Å². The maximum absolute atomic E-state index is 12.9. The molecule has 1 heterocycles. The summed E-state index contributed by atoms with van der Waals surface area (Å²) >= 11 is 0. The molecule has 1 saturated heterocycles. The number of hydrogen-bond acceptors (Lipinski definition) is 5. The Kier molecular flexibility index (Phi) is 6.57. The van der Waals surface area contributed by atoms with Gasteiger partial charge in [0.15, 0.2) is 0 Å². The molecule has 1 fully saturated rings. The van der Waals surface area contributed by atoms with Crippen LogP contribution in [0.3, 0.4) is 0 Å². The molecule has 26 heavy (non-hydrogen) atoms. The van der Waals surface area contributed by atoms with Crippen LogP contribution >= 0.6 is 0 Å². The highest BCUT2D eigenvalue weighted by atomic mass is 16.3. The van der Waals surface area contributed by atoms with Crippen molar-refractivity contribution in [2.75, 3.05) is 26.2 Å². The van der Waals surface area contributed by atoms with Gasteiger partial charge in [-0.25, -0.2) is 0 Å². The fourth-order valence-electron chi connectivity index (χ4n) is 3.19. The first-order valence-corrected chi connectivity index (χ1v) is 8.70. The molecule has 1 aliphatic rings. The van der Waals surface area contributed by atoms with E-state index in [2.05, 4.69) is 5.32 Å². The zero-order valence-corrected chi connectivity index (χ0v) is 15.0. The van der Waals surface area contributed by atoms with Gasteiger partial charge in [0.05, 0.1) is 0 Å². The van der Waals surface area contributed by atoms with Gasteiger partial charge in [0.25, 0.3) is 5.91 Å². The lowest BCUT2D eigenvalue weighted by Crippen LogP contribution is -2.47. The molecule has 1 aromatic rings. The van der Waals surface area contributed by atoms with Gasteiger partial charge in [-0.1, -0.05) is 0 Å². The third-order valence-electron chi connectivity index (χ3n) is 4.55. The summed E-state index contributed by atoms with van der Waals surface area (Å²) in [7, 11) is 0. The van der Waals surface area contributed by atoms with Crippen molar-refractivity contribution in [3.05, 3.63) is 29.8 Å². The monoisotopic (exact) mass is 363 g/mol. The Hall–Kier alpha value is -2.61. The SMILES string of the molecule is CCN(CC)C(=O)[C@@H]1C[C@@H](NC(=O)CO)CN1C(=O)c1ccc(O)cc1. The van der Waals surface area contributed by atoms with Crippen molar-refractivity contribution in [2.45, 2.75) is 32.4 Å². The van der Waals surface area contributed by atoms with Crippen molar-refractivity contribution in [3.63, 3.8) is 0 Å². The van der Waals surface area contributed by atoms with Crippen LogP contribution in [0.4, 0.5) is 0 Å². The van der Waals surface area contributed by atoms with Crippen LogP contribution in [0.2, 0.25) is 0 Å². The predicted octanol–water partition coefficient (Wildman–Crippen LogP) is -0.0478. The number of hydrogen-bond donors (Lipinski definition) is 3. The van der Waals surface area contributed by atoms with E-state index in [0.29, 0.717) is 25.1 Å². The summed E-state index contributed by atoms with van der Waals surface area (Å²) in [5.74, 6) is -0.992. The van der Waals surface area contributed by atoms with Gasteiger partial charge in [0.1, 0.15) is 18.4 Å². The average molecular weight is 363 g/mol. The van der Waals surface area contributed by atoms with E-state index >= 15 is 0 Å². The van der Waals surface area contributed by atoms with E-state index in [4.69, 9.17) is 5.11 Å². The zero-order valence-electron chi connectivity index (χ0n) is 15.0. The highest BCUT2D eigenvalue weighted by molar-refractivity contribution is 5.98. The lowest BCUT2D eigenvalue weighted by Gasteiger charge is -2.28. The third-order valence-corrected chi connectivity index (χ3v) is 4.55. The minimum absolute atomic E-state index is 0.0480. The number of nitrogens with one attached hydrogen (secondary N) is 1. The van der Waals surface area contributed by atoms with Gasteiger partial charge in [-0.15, -0.1) is 0 Å². The van der Waals surface area contributed by atoms with Gasteiger partial charge in [-0.05, 0) is 44.5 Å². The van der Waals surface area contributed by atoms with Crippen molar-refractivity contribution in [1.82, 2.24) is 15.1 Å². The van der Waals surface area contributed by atoms with Gasteiger partial charge < -0.3 is 25.3 Å². The van der Waals surface area contributed by atoms with Gasteiger partial charge in [-0.2, -0.15) is 0 Å². The minimum Gasteiger partial charge on any atom is -0.508 e. The molecule has 3 N–H and O–H groups in total. The molecule has 0 bridgehead atoms. The molecule has 1 aliphatic heterocycles. The summed E-state index contributed by atoms with van der Waals surface area (Å²) in [6.07, 6.45) is 0.297. The maximum Gasteiger partial charge on any atom is 0.254 e. The Balaban J connectivity index is 2.25. The topological polar surface area (TPSA) is 110 Å². The van der Waals surface area contributed by atoms with Gasteiger partial charge in [-0.3, -0.25) is 14.4 Å². The molecule has 142 valence electrons. The van der Waals surface area contributed by atoms with Crippen LogP contribution in [0.5, 0.6) is 5.75 Å². The number of carbonyl (C=O) groups excluding carboxylic acids is 3. The number of amides is 3. The first-order valence-electron chi connectivity index (χ1n) is 8.70. The van der Waals surface area contributed by atoms with Crippen molar-refractivity contribution in [3.8, 4) is 5.75 Å². The van der Waals surface area contributed by atoms with Crippen molar-refractivity contribution in [1.29, 1.82) is 0 Å². The summed E-state index contributed by atoms with van der Waals surface area (Å²) in [6.45, 7) is 4.34. The number of likely N-dealkylation sites (N-methyl/N-ethyl adjacent to an activating group) is 1. The standard InChI is InChI=1S/C18H25N3O5/c1-3-20(4-2)18(26)15-9-13(19-16(24)11-22)10-21(15)17(25)12-5-7-14(23)8-6-12/h5-8,13,15,22-23H,3-4,9-11H2,1-2H3,(H,19,24)/t13-,15+/m1/s1. The number of carbonyl (C=O) groups is 3. The second-order valence-corrected chi connectivity index (χ2v) is 6.19. The maximum atomic E-state index is 12.9. The van der Waals surface area contributed by atoms with Crippen LogP contribution in [0.15, 0.2) is 24.3 Å². The lowest BCUT2D eigenvalue weighted by molar-refractivity contribution is -0.135. The Bertz CT molecular complexity index is 657. The van der Waals surface area contributed by atoms with Crippen molar-refractivity contribution >= 4 is 17.7 Å².